The molecule has 1 aliphatic heterocycles. The van der Waals surface area contributed by atoms with Crippen LogP contribution in [0.15, 0.2) is 59.5 Å². The summed E-state index contributed by atoms with van der Waals surface area (Å²) in [7, 11) is -3.73. The van der Waals surface area contributed by atoms with Crippen molar-refractivity contribution in [2.75, 3.05) is 5.32 Å². The molecule has 0 fully saturated rings. The van der Waals surface area contributed by atoms with E-state index in [1.807, 2.05) is 0 Å². The van der Waals surface area contributed by atoms with Crippen molar-refractivity contribution in [3.8, 4) is 0 Å². The Bertz CT molecular complexity index is 923. The van der Waals surface area contributed by atoms with Crippen molar-refractivity contribution in [2.24, 2.45) is 11.1 Å². The van der Waals surface area contributed by atoms with Gasteiger partial charge in [0.15, 0.2) is 0 Å². The Morgan fingerprint density at radius 2 is 1.88 bits per heavy atom. The summed E-state index contributed by atoms with van der Waals surface area (Å²) in [5, 5.41) is 8.74. The molecule has 0 radical (unpaired) electrons. The van der Waals surface area contributed by atoms with Crippen molar-refractivity contribution in [1.29, 1.82) is 0 Å². The van der Waals surface area contributed by atoms with Gasteiger partial charge in [-0.25, -0.2) is 17.9 Å². The number of halogens is 1. The van der Waals surface area contributed by atoms with Gasteiger partial charge >= 0.3 is 0 Å². The van der Waals surface area contributed by atoms with Crippen molar-refractivity contribution in [2.45, 2.75) is 23.3 Å². The summed E-state index contributed by atoms with van der Waals surface area (Å²) in [6.07, 6.45) is 5.12. The zero-order chi connectivity index (χ0) is 16.9. The molecule has 2 aromatic carbocycles. The number of primary sulfonamides is 1. The molecule has 0 unspecified atom stereocenters. The summed E-state index contributed by atoms with van der Waals surface area (Å²) >= 11 is 0. The molecule has 0 bridgehead atoms. The third-order valence-corrected chi connectivity index (χ3v) is 5.80. The first kappa shape index (κ1) is 15.4. The van der Waals surface area contributed by atoms with Gasteiger partial charge in [0.1, 0.15) is 5.82 Å². The van der Waals surface area contributed by atoms with Crippen LogP contribution in [0.25, 0.3) is 0 Å². The monoisotopic (exact) mass is 344 g/mol. The van der Waals surface area contributed by atoms with Crippen LogP contribution in [0, 0.1) is 11.7 Å². The number of fused-ring (bicyclic) bond motifs is 3. The van der Waals surface area contributed by atoms with Gasteiger partial charge in [0.2, 0.25) is 10.0 Å². The van der Waals surface area contributed by atoms with Crippen molar-refractivity contribution in [3.05, 3.63) is 71.6 Å². The Morgan fingerprint density at radius 3 is 2.58 bits per heavy atom. The summed E-state index contributed by atoms with van der Waals surface area (Å²) in [4.78, 5) is 0.127. The molecule has 6 heteroatoms. The van der Waals surface area contributed by atoms with Gasteiger partial charge in [0, 0.05) is 11.6 Å². The number of allylic oxidation sites excluding steroid dienone is 2. The predicted octanol–water partition coefficient (Wildman–Crippen LogP) is 3.30. The van der Waals surface area contributed by atoms with Gasteiger partial charge in [0.05, 0.1) is 10.9 Å². The maximum Gasteiger partial charge on any atom is 0.238 e. The molecule has 1 aliphatic carbocycles. The lowest BCUT2D eigenvalue weighted by atomic mass is 9.77. The topological polar surface area (TPSA) is 72.2 Å². The highest BCUT2D eigenvalue weighted by Gasteiger charge is 2.38. The Morgan fingerprint density at radius 1 is 1.12 bits per heavy atom. The van der Waals surface area contributed by atoms with Gasteiger partial charge in [0.25, 0.3) is 0 Å². The fourth-order valence-corrected chi connectivity index (χ4v) is 4.30. The first-order valence-electron chi connectivity index (χ1n) is 7.79. The van der Waals surface area contributed by atoms with Crippen LogP contribution in [0.2, 0.25) is 0 Å². The summed E-state index contributed by atoms with van der Waals surface area (Å²) in [6, 6.07) is 11.5. The molecule has 3 atom stereocenters. The standard InChI is InChI=1S/C18H17FN2O2S/c19-12-6-4-11(5-7-12)18-15-3-1-2-14(15)16-10-13(24(20,22)23)8-9-17(16)21-18/h1-2,4-10,14-15,18,21H,3H2,(H2,20,22,23)/t14-,15-,18-/m0/s1. The van der Waals surface area contributed by atoms with E-state index in [9.17, 15) is 12.8 Å². The zero-order valence-corrected chi connectivity index (χ0v) is 13.6. The van der Waals surface area contributed by atoms with Crippen LogP contribution in [0.3, 0.4) is 0 Å². The second-order valence-electron chi connectivity index (χ2n) is 6.32. The maximum absolute atomic E-state index is 13.2. The largest absolute Gasteiger partial charge is 0.378 e. The molecule has 0 spiro atoms. The molecule has 2 aromatic rings. The first-order valence-corrected chi connectivity index (χ1v) is 9.33. The average molecular weight is 344 g/mol. The van der Waals surface area contributed by atoms with Crippen molar-refractivity contribution >= 4 is 15.7 Å². The van der Waals surface area contributed by atoms with Crippen LogP contribution in [0.1, 0.15) is 29.5 Å². The lowest BCUT2D eigenvalue weighted by Crippen LogP contribution is -2.29. The number of anilines is 1. The van der Waals surface area contributed by atoms with Crippen LogP contribution in [-0.4, -0.2) is 8.42 Å². The van der Waals surface area contributed by atoms with E-state index in [4.69, 9.17) is 5.14 Å². The minimum atomic E-state index is -3.73. The van der Waals surface area contributed by atoms with E-state index in [0.717, 1.165) is 23.2 Å². The SMILES string of the molecule is NS(=O)(=O)c1ccc2c(c1)[C@H]1C=CC[C@@H]1[C@H](c1ccc(F)cc1)N2. The molecule has 4 nitrogen and oxygen atoms in total. The molecule has 3 N–H and O–H groups in total. The molecule has 0 amide bonds. The van der Waals surface area contributed by atoms with Crippen LogP contribution in [-0.2, 0) is 10.0 Å². The quantitative estimate of drug-likeness (QED) is 0.821. The molecule has 4 rings (SSSR count). The van der Waals surface area contributed by atoms with Crippen molar-refractivity contribution < 1.29 is 12.8 Å². The first-order chi connectivity index (χ1) is 11.4. The van der Waals surface area contributed by atoms with E-state index in [0.29, 0.717) is 0 Å². The third-order valence-electron chi connectivity index (χ3n) is 4.89. The molecule has 0 saturated heterocycles. The highest BCUT2D eigenvalue weighted by atomic mass is 32.2. The predicted molar refractivity (Wildman–Crippen MR) is 90.6 cm³/mol. The van der Waals surface area contributed by atoms with Gasteiger partial charge in [-0.15, -0.1) is 0 Å². The highest BCUT2D eigenvalue weighted by Crippen LogP contribution is 2.50. The van der Waals surface area contributed by atoms with Crippen molar-refractivity contribution in [1.82, 2.24) is 0 Å². The molecule has 0 saturated carbocycles. The molecule has 2 aliphatic rings. The fourth-order valence-electron chi connectivity index (χ4n) is 3.75. The average Bonchev–Trinajstić information content (AvgIpc) is 3.03. The second kappa shape index (κ2) is 5.43. The summed E-state index contributed by atoms with van der Waals surface area (Å²) in [5.74, 6) is 0.130. The van der Waals surface area contributed by atoms with E-state index in [2.05, 4.69) is 17.5 Å². The van der Waals surface area contributed by atoms with Gasteiger partial charge < -0.3 is 5.32 Å². The number of hydrogen-bond acceptors (Lipinski definition) is 3. The number of nitrogens with two attached hydrogens (primary N) is 1. The van der Waals surface area contributed by atoms with Crippen molar-refractivity contribution in [3.63, 3.8) is 0 Å². The van der Waals surface area contributed by atoms with E-state index in [1.165, 1.54) is 18.2 Å². The number of rotatable bonds is 2. The Kier molecular flexibility index (Phi) is 3.47. The van der Waals surface area contributed by atoms with Gasteiger partial charge in [-0.1, -0.05) is 24.3 Å². The number of sulfonamides is 1. The Balaban J connectivity index is 1.79. The van der Waals surface area contributed by atoms with Crippen LogP contribution >= 0.6 is 0 Å². The van der Waals surface area contributed by atoms with Gasteiger partial charge in [-0.05, 0) is 53.8 Å². The summed E-state index contributed by atoms with van der Waals surface area (Å²) in [5.41, 5.74) is 2.86. The van der Waals surface area contributed by atoms with E-state index >= 15 is 0 Å². The minimum Gasteiger partial charge on any atom is -0.378 e. The van der Waals surface area contributed by atoms with E-state index in [-0.39, 0.29) is 28.6 Å². The van der Waals surface area contributed by atoms with E-state index < -0.39 is 10.0 Å². The number of hydrogen-bond donors (Lipinski definition) is 2. The van der Waals surface area contributed by atoms with Crippen LogP contribution in [0.4, 0.5) is 10.1 Å². The van der Waals surface area contributed by atoms with Gasteiger partial charge in [-0.2, -0.15) is 0 Å². The van der Waals surface area contributed by atoms with Gasteiger partial charge in [-0.3, -0.25) is 0 Å². The third kappa shape index (κ3) is 2.52. The molecule has 1 heterocycles. The molecular formula is C18H17FN2O2S. The number of nitrogens with one attached hydrogen (secondary N) is 1. The summed E-state index contributed by atoms with van der Waals surface area (Å²) in [6.45, 7) is 0. The highest BCUT2D eigenvalue weighted by molar-refractivity contribution is 7.89. The van der Waals surface area contributed by atoms with Crippen LogP contribution in [0.5, 0.6) is 0 Å². The summed E-state index contributed by atoms with van der Waals surface area (Å²) < 4.78 is 36.5. The fraction of sp³-hybridized carbons (Fsp3) is 0.222. The van der Waals surface area contributed by atoms with E-state index in [1.54, 1.807) is 24.3 Å². The lowest BCUT2D eigenvalue weighted by Gasteiger charge is -2.37. The number of benzene rings is 2. The normalized spacial score (nSPS) is 25.0. The Hall–Kier alpha value is -2.18. The zero-order valence-electron chi connectivity index (χ0n) is 12.8. The molecule has 24 heavy (non-hydrogen) atoms. The Labute approximate surface area is 140 Å². The minimum absolute atomic E-state index is 0.0541. The molecule has 0 aromatic heterocycles. The maximum atomic E-state index is 13.2. The molecule has 124 valence electrons. The second-order valence-corrected chi connectivity index (χ2v) is 7.88. The smallest absolute Gasteiger partial charge is 0.238 e. The lowest BCUT2D eigenvalue weighted by molar-refractivity contribution is 0.424. The van der Waals surface area contributed by atoms with Crippen LogP contribution < -0.4 is 10.5 Å². The molecular weight excluding hydrogens is 327 g/mol.